The second kappa shape index (κ2) is 7.67. The Morgan fingerprint density at radius 2 is 1.82 bits per heavy atom. The molecule has 2 aromatic rings. The number of carboxylic acids is 1. The zero-order chi connectivity index (χ0) is 21.3. The van der Waals surface area contributed by atoms with Gasteiger partial charge in [0.15, 0.2) is 0 Å². The maximum Gasteiger partial charge on any atom is 0.309 e. The van der Waals surface area contributed by atoms with Gasteiger partial charge in [-0.05, 0) is 71.7 Å². The molecule has 2 rings (SSSR count). The number of aromatic nitrogens is 2. The van der Waals surface area contributed by atoms with E-state index < -0.39 is 26.9 Å². The molecule has 7 nitrogen and oxygen atoms in total. The number of hydrogen-bond donors (Lipinski definition) is 2. The van der Waals surface area contributed by atoms with Crippen molar-refractivity contribution in [3.05, 3.63) is 36.0 Å². The van der Waals surface area contributed by atoms with Crippen molar-refractivity contribution in [3.8, 4) is 11.3 Å². The number of aryl methyl sites for hydroxylation is 1. The van der Waals surface area contributed by atoms with E-state index in [1.54, 1.807) is 57.6 Å². The van der Waals surface area contributed by atoms with Crippen LogP contribution in [0.4, 0.5) is 0 Å². The Morgan fingerprint density at radius 3 is 2.36 bits per heavy atom. The minimum Gasteiger partial charge on any atom is -0.481 e. The standard InChI is InChI=1S/C20H29N3O4S/c1-7-23-17(10-11-21-23)16-12-15(28(26,27)22-19(2,3)4)9-8-14(16)13-20(5,6)18(24)25/h8-12,22H,7,13H2,1-6H3,(H,24,25). The van der Waals surface area contributed by atoms with Crippen LogP contribution >= 0.6 is 0 Å². The number of carboxylic acid groups (broad SMARTS) is 1. The number of rotatable bonds is 7. The molecule has 0 aliphatic rings. The van der Waals surface area contributed by atoms with Gasteiger partial charge in [-0.2, -0.15) is 5.10 Å². The predicted molar refractivity (Wildman–Crippen MR) is 109 cm³/mol. The molecule has 0 spiro atoms. The van der Waals surface area contributed by atoms with Crippen molar-refractivity contribution in [1.29, 1.82) is 0 Å². The van der Waals surface area contributed by atoms with Crippen molar-refractivity contribution in [2.24, 2.45) is 5.41 Å². The molecule has 0 aliphatic carbocycles. The lowest BCUT2D eigenvalue weighted by molar-refractivity contribution is -0.146. The second-order valence-corrected chi connectivity index (χ2v) is 10.3. The van der Waals surface area contributed by atoms with Gasteiger partial charge < -0.3 is 5.11 Å². The molecule has 0 saturated heterocycles. The molecule has 0 amide bonds. The smallest absolute Gasteiger partial charge is 0.309 e. The van der Waals surface area contributed by atoms with Gasteiger partial charge in [-0.25, -0.2) is 13.1 Å². The van der Waals surface area contributed by atoms with Crippen LogP contribution in [-0.2, 0) is 27.8 Å². The summed E-state index contributed by atoms with van der Waals surface area (Å²) in [6.07, 6.45) is 1.92. The Labute approximate surface area is 166 Å². The molecule has 0 atom stereocenters. The molecule has 0 aliphatic heterocycles. The molecular weight excluding hydrogens is 378 g/mol. The van der Waals surface area contributed by atoms with E-state index in [1.165, 1.54) is 6.07 Å². The van der Waals surface area contributed by atoms with E-state index in [0.717, 1.165) is 11.3 Å². The number of benzene rings is 1. The number of nitrogens with zero attached hydrogens (tertiary/aromatic N) is 2. The topological polar surface area (TPSA) is 101 Å². The van der Waals surface area contributed by atoms with E-state index in [1.807, 2.05) is 13.0 Å². The summed E-state index contributed by atoms with van der Waals surface area (Å²) >= 11 is 0. The van der Waals surface area contributed by atoms with E-state index >= 15 is 0 Å². The van der Waals surface area contributed by atoms with Gasteiger partial charge >= 0.3 is 5.97 Å². The van der Waals surface area contributed by atoms with Crippen LogP contribution in [0.5, 0.6) is 0 Å². The quantitative estimate of drug-likeness (QED) is 0.733. The van der Waals surface area contributed by atoms with Crippen molar-refractivity contribution in [2.75, 3.05) is 0 Å². The molecule has 0 fully saturated rings. The Kier molecular flexibility index (Phi) is 6.06. The average Bonchev–Trinajstić information content (AvgIpc) is 3.00. The highest BCUT2D eigenvalue weighted by molar-refractivity contribution is 7.89. The first kappa shape index (κ1) is 22.1. The Bertz CT molecular complexity index is 970. The maximum absolute atomic E-state index is 12.8. The number of nitrogens with one attached hydrogen (secondary N) is 1. The lowest BCUT2D eigenvalue weighted by Gasteiger charge is -2.23. The molecule has 2 N–H and O–H groups in total. The minimum atomic E-state index is -3.72. The van der Waals surface area contributed by atoms with Crippen LogP contribution in [0.2, 0.25) is 0 Å². The van der Waals surface area contributed by atoms with Crippen molar-refractivity contribution in [2.45, 2.75) is 64.9 Å². The molecule has 0 unspecified atom stereocenters. The normalized spacial score (nSPS) is 12.9. The highest BCUT2D eigenvalue weighted by Crippen LogP contribution is 2.32. The highest BCUT2D eigenvalue weighted by atomic mass is 32.2. The minimum absolute atomic E-state index is 0.137. The summed E-state index contributed by atoms with van der Waals surface area (Å²) < 4.78 is 30.0. The van der Waals surface area contributed by atoms with Crippen LogP contribution in [0.3, 0.4) is 0 Å². The van der Waals surface area contributed by atoms with Crippen molar-refractivity contribution >= 4 is 16.0 Å². The Morgan fingerprint density at radius 1 is 1.18 bits per heavy atom. The number of aliphatic carboxylic acids is 1. The maximum atomic E-state index is 12.8. The lowest BCUT2D eigenvalue weighted by Crippen LogP contribution is -2.40. The van der Waals surface area contributed by atoms with Gasteiger partial charge in [0.2, 0.25) is 10.0 Å². The molecule has 28 heavy (non-hydrogen) atoms. The van der Waals surface area contributed by atoms with E-state index in [0.29, 0.717) is 12.1 Å². The van der Waals surface area contributed by atoms with E-state index in [2.05, 4.69) is 9.82 Å². The van der Waals surface area contributed by atoms with Crippen molar-refractivity contribution in [1.82, 2.24) is 14.5 Å². The third-order valence-electron chi connectivity index (χ3n) is 4.34. The van der Waals surface area contributed by atoms with Crippen LogP contribution in [0.1, 0.15) is 47.1 Å². The fourth-order valence-electron chi connectivity index (χ4n) is 2.94. The third-order valence-corrected chi connectivity index (χ3v) is 6.09. The number of hydrogen-bond acceptors (Lipinski definition) is 4. The SMILES string of the molecule is CCn1nccc1-c1cc(S(=O)(=O)NC(C)(C)C)ccc1CC(C)(C)C(=O)O. The summed E-state index contributed by atoms with van der Waals surface area (Å²) in [5.41, 5.74) is 0.582. The van der Waals surface area contributed by atoms with E-state index in [-0.39, 0.29) is 11.3 Å². The first-order valence-electron chi connectivity index (χ1n) is 9.19. The van der Waals surface area contributed by atoms with Gasteiger partial charge in [-0.15, -0.1) is 0 Å². The van der Waals surface area contributed by atoms with E-state index in [9.17, 15) is 18.3 Å². The van der Waals surface area contributed by atoms with Crippen LogP contribution in [0, 0.1) is 5.41 Å². The van der Waals surface area contributed by atoms with Crippen LogP contribution in [-0.4, -0.2) is 34.8 Å². The van der Waals surface area contributed by atoms with Gasteiger partial charge in [-0.1, -0.05) is 6.07 Å². The van der Waals surface area contributed by atoms with Gasteiger partial charge in [0, 0.05) is 23.8 Å². The van der Waals surface area contributed by atoms with Crippen molar-refractivity contribution in [3.63, 3.8) is 0 Å². The summed E-state index contributed by atoms with van der Waals surface area (Å²) in [5.74, 6) is -0.909. The number of sulfonamides is 1. The summed E-state index contributed by atoms with van der Waals surface area (Å²) in [6, 6.07) is 6.63. The fourth-order valence-corrected chi connectivity index (χ4v) is 4.39. The first-order valence-corrected chi connectivity index (χ1v) is 10.7. The van der Waals surface area contributed by atoms with E-state index in [4.69, 9.17) is 0 Å². The van der Waals surface area contributed by atoms with Gasteiger partial charge in [0.25, 0.3) is 0 Å². The fraction of sp³-hybridized carbons (Fsp3) is 0.500. The zero-order valence-corrected chi connectivity index (χ0v) is 18.1. The van der Waals surface area contributed by atoms with Crippen molar-refractivity contribution < 1.29 is 18.3 Å². The van der Waals surface area contributed by atoms with Gasteiger partial charge in [-0.3, -0.25) is 9.48 Å². The summed E-state index contributed by atoms with van der Waals surface area (Å²) in [6.45, 7) is 11.2. The van der Waals surface area contributed by atoms with Crippen LogP contribution in [0.25, 0.3) is 11.3 Å². The highest BCUT2D eigenvalue weighted by Gasteiger charge is 2.30. The van der Waals surface area contributed by atoms with Crippen LogP contribution < -0.4 is 4.72 Å². The Hall–Kier alpha value is -2.19. The lowest BCUT2D eigenvalue weighted by atomic mass is 9.84. The first-order chi connectivity index (χ1) is 12.8. The summed E-state index contributed by atoms with van der Waals surface area (Å²) in [7, 11) is -3.72. The van der Waals surface area contributed by atoms with Gasteiger partial charge in [0.05, 0.1) is 16.0 Å². The molecule has 1 aromatic heterocycles. The molecule has 0 bridgehead atoms. The molecule has 1 heterocycles. The molecule has 0 radical (unpaired) electrons. The molecule has 154 valence electrons. The van der Waals surface area contributed by atoms with Gasteiger partial charge in [0.1, 0.15) is 0 Å². The molecule has 8 heteroatoms. The largest absolute Gasteiger partial charge is 0.481 e. The molecular formula is C20H29N3O4S. The average molecular weight is 408 g/mol. The zero-order valence-electron chi connectivity index (χ0n) is 17.3. The van der Waals surface area contributed by atoms with Crippen LogP contribution in [0.15, 0.2) is 35.4 Å². The monoisotopic (exact) mass is 407 g/mol. The number of carbonyl (C=O) groups is 1. The third kappa shape index (κ3) is 4.99. The summed E-state index contributed by atoms with van der Waals surface area (Å²) in [4.78, 5) is 11.7. The summed E-state index contributed by atoms with van der Waals surface area (Å²) in [5, 5.41) is 13.8. The predicted octanol–water partition coefficient (Wildman–Crippen LogP) is 3.30. The molecule has 0 saturated carbocycles. The molecule has 1 aromatic carbocycles. The second-order valence-electron chi connectivity index (χ2n) is 8.57. The Balaban J connectivity index is 2.64.